The zero-order valence-corrected chi connectivity index (χ0v) is 12.7. The fraction of sp³-hybridized carbons (Fsp3) is 0.250. The van der Waals surface area contributed by atoms with Crippen LogP contribution in [0.15, 0.2) is 36.7 Å². The molecule has 0 saturated carbocycles. The van der Waals surface area contributed by atoms with Gasteiger partial charge in [-0.3, -0.25) is 14.8 Å². The summed E-state index contributed by atoms with van der Waals surface area (Å²) in [6.45, 7) is 2.81. The van der Waals surface area contributed by atoms with Crippen molar-refractivity contribution in [2.24, 2.45) is 0 Å². The molecule has 2 aliphatic heterocycles. The maximum atomic E-state index is 13.1. The number of pyridine rings is 1. The lowest BCUT2D eigenvalue weighted by Crippen LogP contribution is -2.32. The Labute approximate surface area is 136 Å². The molecular formula is C16H13F2N3O3. The second-order valence-corrected chi connectivity index (χ2v) is 5.55. The van der Waals surface area contributed by atoms with Crippen LogP contribution in [0.25, 0.3) is 0 Å². The number of fused-ring (bicyclic) bond motifs is 1. The van der Waals surface area contributed by atoms with Gasteiger partial charge in [0.2, 0.25) is 0 Å². The molecule has 1 aromatic carbocycles. The number of rotatable bonds is 2. The Morgan fingerprint density at radius 3 is 2.67 bits per heavy atom. The first-order valence-electron chi connectivity index (χ1n) is 7.34. The monoisotopic (exact) mass is 333 g/mol. The molecule has 8 heteroatoms. The fourth-order valence-electron chi connectivity index (χ4n) is 2.84. The van der Waals surface area contributed by atoms with E-state index in [-0.39, 0.29) is 17.5 Å². The SMILES string of the molecule is Cc1ccncc1N1CCN(c2ccc3c(c2)OC(F)(F)O3)C1=O. The lowest BCUT2D eigenvalue weighted by molar-refractivity contribution is -0.286. The highest BCUT2D eigenvalue weighted by atomic mass is 19.3. The molecule has 2 aromatic rings. The summed E-state index contributed by atoms with van der Waals surface area (Å²) in [5.41, 5.74) is 2.15. The van der Waals surface area contributed by atoms with E-state index >= 15 is 0 Å². The number of hydrogen-bond donors (Lipinski definition) is 0. The van der Waals surface area contributed by atoms with E-state index in [0.29, 0.717) is 18.8 Å². The molecule has 124 valence electrons. The van der Waals surface area contributed by atoms with Crippen molar-refractivity contribution in [3.63, 3.8) is 0 Å². The molecule has 2 aliphatic rings. The van der Waals surface area contributed by atoms with Crippen LogP contribution in [0.5, 0.6) is 11.5 Å². The molecule has 3 heterocycles. The van der Waals surface area contributed by atoms with E-state index in [1.54, 1.807) is 23.4 Å². The third kappa shape index (κ3) is 2.31. The molecule has 0 N–H and O–H groups in total. The molecule has 0 radical (unpaired) electrons. The molecule has 0 spiro atoms. The Hall–Kier alpha value is -2.90. The van der Waals surface area contributed by atoms with Crippen molar-refractivity contribution in [1.82, 2.24) is 4.98 Å². The number of benzene rings is 1. The Morgan fingerprint density at radius 1 is 1.12 bits per heavy atom. The molecule has 0 unspecified atom stereocenters. The molecule has 0 bridgehead atoms. The van der Waals surface area contributed by atoms with Crippen LogP contribution >= 0.6 is 0 Å². The third-order valence-electron chi connectivity index (χ3n) is 4.01. The smallest absolute Gasteiger partial charge is 0.395 e. The molecule has 1 saturated heterocycles. The van der Waals surface area contributed by atoms with E-state index in [1.807, 2.05) is 13.0 Å². The van der Waals surface area contributed by atoms with Crippen molar-refractivity contribution in [2.75, 3.05) is 22.9 Å². The lowest BCUT2D eigenvalue weighted by atomic mass is 10.2. The van der Waals surface area contributed by atoms with E-state index in [4.69, 9.17) is 0 Å². The first-order valence-corrected chi connectivity index (χ1v) is 7.34. The number of nitrogens with zero attached hydrogens (tertiary/aromatic N) is 3. The van der Waals surface area contributed by atoms with Gasteiger partial charge in [-0.15, -0.1) is 8.78 Å². The van der Waals surface area contributed by atoms with E-state index in [1.165, 1.54) is 17.0 Å². The topological polar surface area (TPSA) is 54.9 Å². The van der Waals surface area contributed by atoms with Crippen LogP contribution in [0.1, 0.15) is 5.56 Å². The average Bonchev–Trinajstić information content (AvgIpc) is 3.05. The Balaban J connectivity index is 1.61. The van der Waals surface area contributed by atoms with Crippen molar-refractivity contribution in [2.45, 2.75) is 13.2 Å². The number of alkyl halides is 2. The maximum Gasteiger partial charge on any atom is 0.586 e. The van der Waals surface area contributed by atoms with Crippen molar-refractivity contribution in [3.05, 3.63) is 42.2 Å². The van der Waals surface area contributed by atoms with Gasteiger partial charge in [-0.2, -0.15) is 0 Å². The zero-order chi connectivity index (χ0) is 16.9. The molecule has 24 heavy (non-hydrogen) atoms. The molecular weight excluding hydrogens is 320 g/mol. The summed E-state index contributed by atoms with van der Waals surface area (Å²) in [5.74, 6) is -0.128. The number of halogens is 2. The van der Waals surface area contributed by atoms with Gasteiger partial charge in [0.25, 0.3) is 0 Å². The number of carbonyl (C=O) groups is 1. The highest BCUT2D eigenvalue weighted by molar-refractivity contribution is 6.06. The zero-order valence-electron chi connectivity index (χ0n) is 12.7. The van der Waals surface area contributed by atoms with Crippen molar-refractivity contribution in [1.29, 1.82) is 0 Å². The first-order chi connectivity index (χ1) is 11.4. The summed E-state index contributed by atoms with van der Waals surface area (Å²) in [5, 5.41) is 0. The minimum absolute atomic E-state index is 0.0460. The van der Waals surface area contributed by atoms with Crippen LogP contribution in [0.3, 0.4) is 0 Å². The molecule has 0 aliphatic carbocycles. The second-order valence-electron chi connectivity index (χ2n) is 5.55. The number of aryl methyl sites for hydroxylation is 1. The fourth-order valence-corrected chi connectivity index (χ4v) is 2.84. The van der Waals surface area contributed by atoms with Crippen LogP contribution in [-0.2, 0) is 0 Å². The van der Waals surface area contributed by atoms with Crippen molar-refractivity contribution in [3.8, 4) is 11.5 Å². The number of hydrogen-bond acceptors (Lipinski definition) is 4. The first kappa shape index (κ1) is 14.7. The van der Waals surface area contributed by atoms with Gasteiger partial charge in [0, 0.05) is 31.0 Å². The summed E-state index contributed by atoms with van der Waals surface area (Å²) < 4.78 is 35.0. The molecule has 1 aromatic heterocycles. The second kappa shape index (κ2) is 5.05. The average molecular weight is 333 g/mol. The van der Waals surface area contributed by atoms with Gasteiger partial charge in [0.1, 0.15) is 0 Å². The van der Waals surface area contributed by atoms with E-state index < -0.39 is 6.29 Å². The van der Waals surface area contributed by atoms with E-state index in [2.05, 4.69) is 14.5 Å². The normalized spacial score (nSPS) is 18.4. The van der Waals surface area contributed by atoms with Crippen LogP contribution < -0.4 is 19.3 Å². The quantitative estimate of drug-likeness (QED) is 0.847. The van der Waals surface area contributed by atoms with Gasteiger partial charge in [0.05, 0.1) is 11.9 Å². The standard InChI is InChI=1S/C16H13F2N3O3/c1-10-4-5-19-9-12(10)21-7-6-20(15(21)22)11-2-3-13-14(8-11)24-16(17,18)23-13/h2-5,8-9H,6-7H2,1H3. The summed E-state index contributed by atoms with van der Waals surface area (Å²) in [6.07, 6.45) is -0.374. The Kier molecular flexibility index (Phi) is 3.09. The van der Waals surface area contributed by atoms with Crippen LogP contribution in [0.2, 0.25) is 0 Å². The van der Waals surface area contributed by atoms with Crippen LogP contribution in [0, 0.1) is 6.92 Å². The van der Waals surface area contributed by atoms with Crippen LogP contribution in [0.4, 0.5) is 25.0 Å². The molecule has 2 amide bonds. The highest BCUT2D eigenvalue weighted by Crippen LogP contribution is 2.43. The lowest BCUT2D eigenvalue weighted by Gasteiger charge is -2.20. The molecule has 6 nitrogen and oxygen atoms in total. The number of anilines is 2. The number of amides is 2. The van der Waals surface area contributed by atoms with Gasteiger partial charge in [-0.1, -0.05) is 0 Å². The Bertz CT molecular complexity index is 828. The molecule has 0 atom stereocenters. The minimum atomic E-state index is -3.67. The summed E-state index contributed by atoms with van der Waals surface area (Å²) in [6, 6.07) is 5.90. The summed E-state index contributed by atoms with van der Waals surface area (Å²) in [4.78, 5) is 19.9. The van der Waals surface area contributed by atoms with Gasteiger partial charge >= 0.3 is 12.3 Å². The number of urea groups is 1. The van der Waals surface area contributed by atoms with Crippen LogP contribution in [-0.4, -0.2) is 30.4 Å². The van der Waals surface area contributed by atoms with Gasteiger partial charge < -0.3 is 9.47 Å². The van der Waals surface area contributed by atoms with E-state index in [9.17, 15) is 13.6 Å². The number of ether oxygens (including phenoxy) is 2. The molecule has 4 rings (SSSR count). The van der Waals surface area contributed by atoms with E-state index in [0.717, 1.165) is 11.3 Å². The summed E-state index contributed by atoms with van der Waals surface area (Å²) in [7, 11) is 0. The largest absolute Gasteiger partial charge is 0.586 e. The van der Waals surface area contributed by atoms with Gasteiger partial charge in [-0.25, -0.2) is 4.79 Å². The Morgan fingerprint density at radius 2 is 1.88 bits per heavy atom. The number of aromatic nitrogens is 1. The minimum Gasteiger partial charge on any atom is -0.395 e. The predicted octanol–water partition coefficient (Wildman–Crippen LogP) is 3.16. The van der Waals surface area contributed by atoms with Crippen molar-refractivity contribution < 1.29 is 23.0 Å². The summed E-state index contributed by atoms with van der Waals surface area (Å²) >= 11 is 0. The van der Waals surface area contributed by atoms with Gasteiger partial charge in [-0.05, 0) is 30.7 Å². The third-order valence-corrected chi connectivity index (χ3v) is 4.01. The number of carbonyl (C=O) groups excluding carboxylic acids is 1. The van der Waals surface area contributed by atoms with Gasteiger partial charge in [0.15, 0.2) is 11.5 Å². The van der Waals surface area contributed by atoms with Crippen molar-refractivity contribution >= 4 is 17.4 Å². The highest BCUT2D eigenvalue weighted by Gasteiger charge is 2.44. The predicted molar refractivity (Wildman–Crippen MR) is 81.7 cm³/mol. The molecule has 1 fully saturated rings. The maximum absolute atomic E-state index is 13.1.